The second-order valence-corrected chi connectivity index (χ2v) is 6.34. The Morgan fingerprint density at radius 3 is 2.81 bits per heavy atom. The van der Waals surface area contributed by atoms with Crippen molar-refractivity contribution in [1.29, 1.82) is 0 Å². The van der Waals surface area contributed by atoms with Crippen molar-refractivity contribution in [1.82, 2.24) is 0 Å². The second kappa shape index (κ2) is 5.88. The highest BCUT2D eigenvalue weighted by Gasteiger charge is 2.20. The topological polar surface area (TPSA) is 35.2 Å². The summed E-state index contributed by atoms with van der Waals surface area (Å²) >= 11 is 12.3. The van der Waals surface area contributed by atoms with Crippen molar-refractivity contribution in [3.63, 3.8) is 0 Å². The van der Waals surface area contributed by atoms with E-state index in [-0.39, 0.29) is 6.04 Å². The van der Waals surface area contributed by atoms with Crippen molar-refractivity contribution >= 4 is 23.2 Å². The van der Waals surface area contributed by atoms with E-state index in [1.165, 1.54) is 5.56 Å². The molecular formula is C17H17Cl2NO. The Morgan fingerprint density at radius 1 is 1.19 bits per heavy atom. The summed E-state index contributed by atoms with van der Waals surface area (Å²) in [5.41, 5.74) is 10.8. The number of aryl methyl sites for hydroxylation is 1. The van der Waals surface area contributed by atoms with Crippen molar-refractivity contribution in [3.8, 4) is 5.75 Å². The van der Waals surface area contributed by atoms with E-state index in [4.69, 9.17) is 33.7 Å². The summed E-state index contributed by atoms with van der Waals surface area (Å²) in [5, 5.41) is 1.45. The number of hydrogen-bond acceptors (Lipinski definition) is 2. The first-order chi connectivity index (χ1) is 10.0. The smallest absolute Gasteiger partial charge is 0.125 e. The fraction of sp³-hybridized carbons (Fsp3) is 0.294. The van der Waals surface area contributed by atoms with E-state index in [1.807, 2.05) is 37.3 Å². The number of benzene rings is 2. The van der Waals surface area contributed by atoms with E-state index in [0.29, 0.717) is 18.1 Å². The van der Waals surface area contributed by atoms with E-state index in [1.54, 1.807) is 0 Å². The summed E-state index contributed by atoms with van der Waals surface area (Å²) in [6.07, 6.45) is 1.60. The van der Waals surface area contributed by atoms with E-state index >= 15 is 0 Å². The van der Waals surface area contributed by atoms with Crippen LogP contribution in [0.3, 0.4) is 0 Å². The number of halogens is 2. The van der Waals surface area contributed by atoms with Gasteiger partial charge in [0.15, 0.2) is 0 Å². The minimum Gasteiger partial charge on any atom is -0.493 e. The molecule has 0 radical (unpaired) electrons. The molecule has 110 valence electrons. The van der Waals surface area contributed by atoms with Crippen LogP contribution < -0.4 is 10.5 Å². The standard InChI is InChI=1S/C17H17Cl2NO/c1-10-2-3-13(18)9-15(10)16(20)8-12-7-14(19)6-11-4-5-21-17(11)12/h2-3,6-7,9,16H,4-5,8,20H2,1H3. The number of hydrogen-bond donors (Lipinski definition) is 1. The highest BCUT2D eigenvalue weighted by molar-refractivity contribution is 6.31. The number of ether oxygens (including phenoxy) is 1. The van der Waals surface area contributed by atoms with Crippen LogP contribution in [-0.4, -0.2) is 6.61 Å². The van der Waals surface area contributed by atoms with Crippen molar-refractivity contribution in [2.45, 2.75) is 25.8 Å². The molecule has 1 aliphatic rings. The maximum absolute atomic E-state index is 6.38. The van der Waals surface area contributed by atoms with Gasteiger partial charge in [-0.05, 0) is 59.9 Å². The van der Waals surface area contributed by atoms with Crippen LogP contribution in [0, 0.1) is 6.92 Å². The van der Waals surface area contributed by atoms with Gasteiger partial charge in [-0.1, -0.05) is 29.3 Å². The third-order valence-electron chi connectivity index (χ3n) is 3.91. The maximum Gasteiger partial charge on any atom is 0.125 e. The Bertz CT molecular complexity index is 685. The molecular weight excluding hydrogens is 305 g/mol. The van der Waals surface area contributed by atoms with Gasteiger partial charge in [0.25, 0.3) is 0 Å². The lowest BCUT2D eigenvalue weighted by Crippen LogP contribution is -2.15. The van der Waals surface area contributed by atoms with E-state index in [0.717, 1.165) is 33.9 Å². The molecule has 0 saturated heterocycles. The van der Waals surface area contributed by atoms with Crippen molar-refractivity contribution in [2.24, 2.45) is 5.73 Å². The predicted octanol–water partition coefficient (Wildman–Crippen LogP) is 4.48. The Labute approximate surface area is 134 Å². The molecule has 2 aromatic carbocycles. The van der Waals surface area contributed by atoms with Gasteiger partial charge in [-0.2, -0.15) is 0 Å². The first-order valence-corrected chi connectivity index (χ1v) is 7.76. The monoisotopic (exact) mass is 321 g/mol. The molecule has 2 N–H and O–H groups in total. The number of fused-ring (bicyclic) bond motifs is 1. The summed E-state index contributed by atoms with van der Waals surface area (Å²) in [7, 11) is 0. The Hall–Kier alpha value is -1.22. The predicted molar refractivity (Wildman–Crippen MR) is 87.5 cm³/mol. The summed E-state index contributed by atoms with van der Waals surface area (Å²) in [5.74, 6) is 0.953. The third kappa shape index (κ3) is 3.03. The van der Waals surface area contributed by atoms with Crippen LogP contribution >= 0.6 is 23.2 Å². The van der Waals surface area contributed by atoms with Gasteiger partial charge >= 0.3 is 0 Å². The molecule has 4 heteroatoms. The molecule has 1 unspecified atom stereocenters. The van der Waals surface area contributed by atoms with Crippen molar-refractivity contribution in [3.05, 3.63) is 62.6 Å². The van der Waals surface area contributed by atoms with E-state index < -0.39 is 0 Å². The lowest BCUT2D eigenvalue weighted by Gasteiger charge is -2.17. The molecule has 2 aromatic rings. The van der Waals surface area contributed by atoms with Crippen LogP contribution in [0.15, 0.2) is 30.3 Å². The molecule has 0 fully saturated rings. The zero-order valence-corrected chi connectivity index (χ0v) is 13.3. The molecule has 0 saturated carbocycles. The van der Waals surface area contributed by atoms with Gasteiger partial charge in [0, 0.05) is 22.5 Å². The van der Waals surface area contributed by atoms with Crippen LogP contribution in [0.5, 0.6) is 5.75 Å². The molecule has 0 bridgehead atoms. The maximum atomic E-state index is 6.38. The summed E-state index contributed by atoms with van der Waals surface area (Å²) in [6.45, 7) is 2.76. The van der Waals surface area contributed by atoms with Gasteiger partial charge in [-0.15, -0.1) is 0 Å². The van der Waals surface area contributed by atoms with E-state index in [9.17, 15) is 0 Å². The quantitative estimate of drug-likeness (QED) is 0.904. The highest BCUT2D eigenvalue weighted by Crippen LogP contribution is 2.35. The summed E-state index contributed by atoms with van der Waals surface area (Å²) in [6, 6.07) is 9.61. The largest absolute Gasteiger partial charge is 0.493 e. The van der Waals surface area contributed by atoms with Gasteiger partial charge in [0.1, 0.15) is 5.75 Å². The van der Waals surface area contributed by atoms with E-state index in [2.05, 4.69) is 0 Å². The van der Waals surface area contributed by atoms with Crippen LogP contribution in [0.4, 0.5) is 0 Å². The van der Waals surface area contributed by atoms with Crippen LogP contribution in [0.25, 0.3) is 0 Å². The molecule has 0 aromatic heterocycles. The zero-order chi connectivity index (χ0) is 15.0. The average molecular weight is 322 g/mol. The minimum atomic E-state index is -0.129. The molecule has 1 atom stereocenters. The molecule has 0 spiro atoms. The highest BCUT2D eigenvalue weighted by atomic mass is 35.5. The molecule has 1 heterocycles. The fourth-order valence-corrected chi connectivity index (χ4v) is 3.30. The molecule has 0 amide bonds. The second-order valence-electron chi connectivity index (χ2n) is 5.46. The third-order valence-corrected chi connectivity index (χ3v) is 4.36. The minimum absolute atomic E-state index is 0.129. The molecule has 0 aliphatic carbocycles. The van der Waals surface area contributed by atoms with Gasteiger partial charge in [0.2, 0.25) is 0 Å². The Kier molecular flexibility index (Phi) is 4.12. The van der Waals surface area contributed by atoms with Gasteiger partial charge in [-0.25, -0.2) is 0 Å². The number of rotatable bonds is 3. The summed E-state index contributed by atoms with van der Waals surface area (Å²) < 4.78 is 5.74. The summed E-state index contributed by atoms with van der Waals surface area (Å²) in [4.78, 5) is 0. The molecule has 1 aliphatic heterocycles. The fourth-order valence-electron chi connectivity index (χ4n) is 2.86. The van der Waals surface area contributed by atoms with Crippen LogP contribution in [0.2, 0.25) is 10.0 Å². The lowest BCUT2D eigenvalue weighted by atomic mass is 9.94. The molecule has 21 heavy (non-hydrogen) atoms. The molecule has 3 rings (SSSR count). The normalized spacial score (nSPS) is 14.7. The Morgan fingerprint density at radius 2 is 2.00 bits per heavy atom. The van der Waals surface area contributed by atoms with Crippen molar-refractivity contribution in [2.75, 3.05) is 6.61 Å². The van der Waals surface area contributed by atoms with Crippen LogP contribution in [-0.2, 0) is 12.8 Å². The molecule has 2 nitrogen and oxygen atoms in total. The van der Waals surface area contributed by atoms with Gasteiger partial charge in [-0.3, -0.25) is 0 Å². The lowest BCUT2D eigenvalue weighted by molar-refractivity contribution is 0.352. The Balaban J connectivity index is 1.92. The SMILES string of the molecule is Cc1ccc(Cl)cc1C(N)Cc1cc(Cl)cc2c1OCC2. The van der Waals surface area contributed by atoms with Crippen LogP contribution in [0.1, 0.15) is 28.3 Å². The average Bonchev–Trinajstić information content (AvgIpc) is 2.89. The van der Waals surface area contributed by atoms with Gasteiger partial charge < -0.3 is 10.5 Å². The first kappa shape index (κ1) is 14.7. The van der Waals surface area contributed by atoms with Gasteiger partial charge in [0.05, 0.1) is 6.61 Å². The number of nitrogens with two attached hydrogens (primary N) is 1. The zero-order valence-electron chi connectivity index (χ0n) is 11.8. The van der Waals surface area contributed by atoms with Crippen molar-refractivity contribution < 1.29 is 4.74 Å². The first-order valence-electron chi connectivity index (χ1n) is 7.00.